The third kappa shape index (κ3) is 2.92. The monoisotopic (exact) mass is 282 g/mol. The molecule has 2 rings (SSSR count). The predicted octanol–water partition coefficient (Wildman–Crippen LogP) is 2.29. The molecule has 0 spiro atoms. The number of hydrogen-bond donors (Lipinski definition) is 1. The lowest BCUT2D eigenvalue weighted by atomic mass is 10.0. The summed E-state index contributed by atoms with van der Waals surface area (Å²) in [6.07, 6.45) is 1.85. The van der Waals surface area contributed by atoms with Crippen LogP contribution >= 0.6 is 0 Å². The number of hydrogen-bond acceptors (Lipinski definition) is 3. The summed E-state index contributed by atoms with van der Waals surface area (Å²) in [5.74, 6) is 0.146. The smallest absolute Gasteiger partial charge is 0.234 e. The van der Waals surface area contributed by atoms with Crippen molar-refractivity contribution in [2.75, 3.05) is 23.1 Å². The molecule has 1 heterocycles. The summed E-state index contributed by atoms with van der Waals surface area (Å²) < 4.78 is 26.1. The summed E-state index contributed by atoms with van der Waals surface area (Å²) in [7, 11) is -3.19. The van der Waals surface area contributed by atoms with Gasteiger partial charge >= 0.3 is 0 Å². The van der Waals surface area contributed by atoms with Gasteiger partial charge in [0.05, 0.1) is 11.4 Å². The van der Waals surface area contributed by atoms with E-state index in [-0.39, 0.29) is 11.8 Å². The maximum atomic E-state index is 12.2. The maximum Gasteiger partial charge on any atom is 0.234 e. The van der Waals surface area contributed by atoms with E-state index in [0.29, 0.717) is 6.54 Å². The van der Waals surface area contributed by atoms with Gasteiger partial charge in [-0.2, -0.15) is 0 Å². The van der Waals surface area contributed by atoms with Crippen LogP contribution in [0, 0.1) is 0 Å². The number of anilines is 1. The zero-order chi connectivity index (χ0) is 13.9. The molecular formula is C14H22N2O2S. The number of para-hydroxylation sites is 1. The molecule has 0 amide bonds. The van der Waals surface area contributed by atoms with Crippen LogP contribution in [0.3, 0.4) is 0 Å². The Hall–Kier alpha value is -1.07. The Labute approximate surface area is 115 Å². The van der Waals surface area contributed by atoms with Crippen LogP contribution in [0.5, 0.6) is 0 Å². The van der Waals surface area contributed by atoms with Crippen molar-refractivity contribution >= 4 is 15.7 Å². The second-order valence-corrected chi connectivity index (χ2v) is 6.97. The first-order chi connectivity index (χ1) is 9.10. The van der Waals surface area contributed by atoms with Crippen LogP contribution in [-0.2, 0) is 10.0 Å². The van der Waals surface area contributed by atoms with Gasteiger partial charge in [0, 0.05) is 12.6 Å². The summed E-state index contributed by atoms with van der Waals surface area (Å²) in [4.78, 5) is 0. The quantitative estimate of drug-likeness (QED) is 0.922. The van der Waals surface area contributed by atoms with E-state index in [2.05, 4.69) is 12.2 Å². The Balaban J connectivity index is 2.47. The molecule has 0 fully saturated rings. The van der Waals surface area contributed by atoms with Gasteiger partial charge in [0.25, 0.3) is 0 Å². The molecule has 19 heavy (non-hydrogen) atoms. The van der Waals surface area contributed by atoms with Crippen LogP contribution in [0.25, 0.3) is 0 Å². The minimum Gasteiger partial charge on any atom is -0.310 e. The molecule has 5 heteroatoms. The molecule has 1 aliphatic heterocycles. The summed E-state index contributed by atoms with van der Waals surface area (Å²) in [5, 5.41) is 3.45. The minimum absolute atomic E-state index is 0.146. The third-order valence-corrected chi connectivity index (χ3v) is 5.37. The fourth-order valence-electron chi connectivity index (χ4n) is 2.63. The molecule has 0 radical (unpaired) electrons. The van der Waals surface area contributed by atoms with Crippen LogP contribution < -0.4 is 9.62 Å². The van der Waals surface area contributed by atoms with Crippen molar-refractivity contribution in [2.24, 2.45) is 0 Å². The highest BCUT2D eigenvalue weighted by Crippen LogP contribution is 2.34. The van der Waals surface area contributed by atoms with Gasteiger partial charge in [-0.25, -0.2) is 8.42 Å². The number of sulfonamides is 1. The summed E-state index contributed by atoms with van der Waals surface area (Å²) in [6, 6.07) is 8.08. The highest BCUT2D eigenvalue weighted by atomic mass is 32.2. The fraction of sp³-hybridized carbons (Fsp3) is 0.571. The lowest BCUT2D eigenvalue weighted by Crippen LogP contribution is -2.33. The van der Waals surface area contributed by atoms with E-state index in [0.717, 1.165) is 30.6 Å². The first kappa shape index (κ1) is 14.3. The highest BCUT2D eigenvalue weighted by Gasteiger charge is 2.28. The van der Waals surface area contributed by atoms with E-state index < -0.39 is 10.0 Å². The molecule has 1 aliphatic rings. The topological polar surface area (TPSA) is 49.4 Å². The number of fused-ring (bicyclic) bond motifs is 1. The number of rotatable bonds is 4. The van der Waals surface area contributed by atoms with Gasteiger partial charge in [0.15, 0.2) is 0 Å². The lowest BCUT2D eigenvalue weighted by Gasteiger charge is -2.25. The third-order valence-electron chi connectivity index (χ3n) is 3.59. The first-order valence-electron chi connectivity index (χ1n) is 6.93. The average molecular weight is 282 g/mol. The van der Waals surface area contributed by atoms with Gasteiger partial charge < -0.3 is 5.32 Å². The van der Waals surface area contributed by atoms with Crippen LogP contribution in [0.15, 0.2) is 24.3 Å². The second kappa shape index (κ2) is 5.92. The molecule has 0 saturated carbocycles. The Kier molecular flexibility index (Phi) is 4.47. The van der Waals surface area contributed by atoms with Crippen molar-refractivity contribution in [3.63, 3.8) is 0 Å². The summed E-state index contributed by atoms with van der Waals surface area (Å²) in [5.41, 5.74) is 1.94. The first-order valence-corrected chi connectivity index (χ1v) is 8.53. The van der Waals surface area contributed by atoms with Crippen molar-refractivity contribution in [3.05, 3.63) is 29.8 Å². The predicted molar refractivity (Wildman–Crippen MR) is 78.9 cm³/mol. The standard InChI is InChI=1S/C14H22N2O2S/c1-3-15-13-9-7-11-16(19(17,18)4-2)14-10-6-5-8-12(13)14/h5-6,8,10,13,15H,3-4,7,9,11H2,1-2H3. The molecule has 4 nitrogen and oxygen atoms in total. The molecule has 0 aliphatic carbocycles. The van der Waals surface area contributed by atoms with Gasteiger partial charge in [0.1, 0.15) is 0 Å². The van der Waals surface area contributed by atoms with E-state index in [1.807, 2.05) is 24.3 Å². The lowest BCUT2D eigenvalue weighted by molar-refractivity contribution is 0.512. The highest BCUT2D eigenvalue weighted by molar-refractivity contribution is 7.92. The van der Waals surface area contributed by atoms with Crippen LogP contribution in [0.2, 0.25) is 0 Å². The molecule has 0 saturated heterocycles. The van der Waals surface area contributed by atoms with E-state index in [1.54, 1.807) is 11.2 Å². The number of nitrogens with zero attached hydrogens (tertiary/aromatic N) is 1. The number of nitrogens with one attached hydrogen (secondary N) is 1. The van der Waals surface area contributed by atoms with E-state index in [9.17, 15) is 8.42 Å². The molecule has 0 aromatic heterocycles. The second-order valence-electron chi connectivity index (χ2n) is 4.78. The van der Waals surface area contributed by atoms with Gasteiger partial charge in [-0.15, -0.1) is 0 Å². The van der Waals surface area contributed by atoms with Gasteiger partial charge in [0.2, 0.25) is 10.0 Å². The van der Waals surface area contributed by atoms with Crippen molar-refractivity contribution in [2.45, 2.75) is 32.7 Å². The zero-order valence-electron chi connectivity index (χ0n) is 11.6. The molecule has 1 aromatic carbocycles. The van der Waals surface area contributed by atoms with Crippen molar-refractivity contribution < 1.29 is 8.42 Å². The molecule has 1 atom stereocenters. The average Bonchev–Trinajstić information content (AvgIpc) is 2.60. The van der Waals surface area contributed by atoms with Gasteiger partial charge in [-0.05, 0) is 37.9 Å². The summed E-state index contributed by atoms with van der Waals surface area (Å²) in [6.45, 7) is 5.24. The Morgan fingerprint density at radius 1 is 1.32 bits per heavy atom. The number of benzene rings is 1. The Morgan fingerprint density at radius 3 is 2.74 bits per heavy atom. The minimum atomic E-state index is -3.19. The fourth-order valence-corrected chi connectivity index (χ4v) is 3.81. The van der Waals surface area contributed by atoms with Crippen LogP contribution in [0.1, 0.15) is 38.3 Å². The largest absolute Gasteiger partial charge is 0.310 e. The zero-order valence-corrected chi connectivity index (χ0v) is 12.4. The molecule has 1 aromatic rings. The van der Waals surface area contributed by atoms with Gasteiger partial charge in [-0.1, -0.05) is 25.1 Å². The van der Waals surface area contributed by atoms with Crippen molar-refractivity contribution in [1.82, 2.24) is 5.32 Å². The van der Waals surface area contributed by atoms with Gasteiger partial charge in [-0.3, -0.25) is 4.31 Å². The normalized spacial score (nSPS) is 19.9. The Bertz CT molecular complexity index is 528. The Morgan fingerprint density at radius 2 is 2.05 bits per heavy atom. The van der Waals surface area contributed by atoms with E-state index >= 15 is 0 Å². The van der Waals surface area contributed by atoms with E-state index in [4.69, 9.17) is 0 Å². The van der Waals surface area contributed by atoms with Crippen molar-refractivity contribution in [3.8, 4) is 0 Å². The molecule has 1 unspecified atom stereocenters. The molecular weight excluding hydrogens is 260 g/mol. The summed E-state index contributed by atoms with van der Waals surface area (Å²) >= 11 is 0. The molecule has 1 N–H and O–H groups in total. The van der Waals surface area contributed by atoms with Crippen molar-refractivity contribution in [1.29, 1.82) is 0 Å². The maximum absolute atomic E-state index is 12.2. The molecule has 0 bridgehead atoms. The SMILES string of the molecule is CCNC1CCCN(S(=O)(=O)CC)c2ccccc21. The van der Waals surface area contributed by atoms with Crippen LogP contribution in [-0.4, -0.2) is 27.3 Å². The van der Waals surface area contributed by atoms with Crippen LogP contribution in [0.4, 0.5) is 5.69 Å². The molecule has 106 valence electrons. The van der Waals surface area contributed by atoms with E-state index in [1.165, 1.54) is 0 Å².